The highest BCUT2D eigenvalue weighted by Gasteiger charge is 2.20. The Hall–Kier alpha value is -0.0800. The number of nitrogens with two attached hydrogens (primary N) is 1. The first-order chi connectivity index (χ1) is 5.34. The van der Waals surface area contributed by atoms with E-state index in [0.717, 1.165) is 12.5 Å². The van der Waals surface area contributed by atoms with Crippen LogP contribution in [-0.4, -0.2) is 19.3 Å². The largest absolute Gasteiger partial charge is 0.377 e. The highest BCUT2D eigenvalue weighted by atomic mass is 16.5. The molecule has 1 fully saturated rings. The van der Waals surface area contributed by atoms with Crippen molar-refractivity contribution in [3.05, 3.63) is 0 Å². The van der Waals surface area contributed by atoms with E-state index in [2.05, 4.69) is 6.92 Å². The summed E-state index contributed by atoms with van der Waals surface area (Å²) in [7, 11) is 0. The second-order valence-electron chi connectivity index (χ2n) is 3.46. The minimum atomic E-state index is 0.493. The van der Waals surface area contributed by atoms with E-state index >= 15 is 0 Å². The van der Waals surface area contributed by atoms with Crippen LogP contribution in [0.2, 0.25) is 0 Å². The third-order valence-electron chi connectivity index (χ3n) is 2.48. The van der Waals surface area contributed by atoms with E-state index in [-0.39, 0.29) is 0 Å². The fraction of sp³-hybridized carbons (Fsp3) is 1.00. The predicted octanol–water partition coefficient (Wildman–Crippen LogP) is 1.54. The van der Waals surface area contributed by atoms with Crippen LogP contribution in [0.3, 0.4) is 0 Å². The van der Waals surface area contributed by atoms with Crippen molar-refractivity contribution >= 4 is 0 Å². The average molecular weight is 157 g/mol. The van der Waals surface area contributed by atoms with Gasteiger partial charge in [-0.2, -0.15) is 0 Å². The molecule has 0 unspecified atom stereocenters. The van der Waals surface area contributed by atoms with Gasteiger partial charge >= 0.3 is 0 Å². The van der Waals surface area contributed by atoms with Crippen LogP contribution in [0.25, 0.3) is 0 Å². The van der Waals surface area contributed by atoms with E-state index in [1.165, 1.54) is 25.7 Å². The first-order valence-corrected chi connectivity index (χ1v) is 4.66. The van der Waals surface area contributed by atoms with E-state index < -0.39 is 0 Å². The predicted molar refractivity (Wildman–Crippen MR) is 46.4 cm³/mol. The summed E-state index contributed by atoms with van der Waals surface area (Å²) in [6.45, 7) is 3.67. The molecule has 0 radical (unpaired) electrons. The summed E-state index contributed by atoms with van der Waals surface area (Å²) in [5.41, 5.74) is 5.37. The molecule has 0 heterocycles. The lowest BCUT2D eigenvalue weighted by Gasteiger charge is -2.28. The van der Waals surface area contributed by atoms with Gasteiger partial charge in [0.1, 0.15) is 0 Å². The first-order valence-electron chi connectivity index (χ1n) is 4.66. The Balaban J connectivity index is 2.18. The maximum absolute atomic E-state index is 5.62. The van der Waals surface area contributed by atoms with Crippen molar-refractivity contribution < 1.29 is 4.74 Å². The van der Waals surface area contributed by atoms with Crippen molar-refractivity contribution in [1.29, 1.82) is 0 Å². The van der Waals surface area contributed by atoms with Crippen LogP contribution >= 0.6 is 0 Å². The van der Waals surface area contributed by atoms with Gasteiger partial charge in [-0.3, -0.25) is 0 Å². The molecule has 2 nitrogen and oxygen atoms in total. The van der Waals surface area contributed by atoms with Gasteiger partial charge in [0.25, 0.3) is 0 Å². The Bertz CT molecular complexity index is 106. The Morgan fingerprint density at radius 2 is 2.09 bits per heavy atom. The summed E-state index contributed by atoms with van der Waals surface area (Å²) in [6, 6.07) is 0. The fourth-order valence-electron chi connectivity index (χ4n) is 1.75. The molecule has 0 saturated heterocycles. The van der Waals surface area contributed by atoms with Crippen molar-refractivity contribution in [3.8, 4) is 0 Å². The minimum Gasteiger partial charge on any atom is -0.377 e. The van der Waals surface area contributed by atoms with Gasteiger partial charge in [0.2, 0.25) is 0 Å². The summed E-state index contributed by atoms with van der Waals surface area (Å²) >= 11 is 0. The van der Waals surface area contributed by atoms with Crippen LogP contribution in [0.15, 0.2) is 0 Å². The Morgan fingerprint density at radius 3 is 2.73 bits per heavy atom. The SMILES string of the molecule is C[C@H]1CCCC[C@H]1OCCN. The second-order valence-corrected chi connectivity index (χ2v) is 3.46. The molecule has 1 aliphatic rings. The van der Waals surface area contributed by atoms with Gasteiger partial charge in [-0.25, -0.2) is 0 Å². The molecule has 1 aliphatic carbocycles. The van der Waals surface area contributed by atoms with Gasteiger partial charge in [-0.15, -0.1) is 0 Å². The first kappa shape index (κ1) is 9.01. The maximum Gasteiger partial charge on any atom is 0.0601 e. The van der Waals surface area contributed by atoms with Crippen molar-refractivity contribution in [2.75, 3.05) is 13.2 Å². The highest BCUT2D eigenvalue weighted by Crippen LogP contribution is 2.25. The molecule has 0 aromatic heterocycles. The third-order valence-corrected chi connectivity index (χ3v) is 2.48. The van der Waals surface area contributed by atoms with E-state index in [1.54, 1.807) is 0 Å². The molecule has 0 spiro atoms. The summed E-state index contributed by atoms with van der Waals surface area (Å²) in [5.74, 6) is 0.746. The normalized spacial score (nSPS) is 32.2. The minimum absolute atomic E-state index is 0.493. The maximum atomic E-state index is 5.62. The molecule has 0 aromatic carbocycles. The van der Waals surface area contributed by atoms with Crippen molar-refractivity contribution in [2.45, 2.75) is 38.7 Å². The molecule has 0 amide bonds. The van der Waals surface area contributed by atoms with Gasteiger partial charge < -0.3 is 10.5 Å². The van der Waals surface area contributed by atoms with Crippen LogP contribution in [0, 0.1) is 5.92 Å². The highest BCUT2D eigenvalue weighted by molar-refractivity contribution is 4.72. The molecule has 0 aromatic rings. The summed E-state index contributed by atoms with van der Waals surface area (Å²) in [4.78, 5) is 0. The lowest BCUT2D eigenvalue weighted by atomic mass is 9.88. The molecular weight excluding hydrogens is 138 g/mol. The summed E-state index contributed by atoms with van der Waals surface area (Å²) < 4.78 is 5.62. The standard InChI is InChI=1S/C9H19NO/c1-8-4-2-3-5-9(8)11-7-6-10/h8-9H,2-7,10H2,1H3/t8-,9+/m0/s1. The zero-order valence-electron chi connectivity index (χ0n) is 7.38. The van der Waals surface area contributed by atoms with E-state index in [1.807, 2.05) is 0 Å². The lowest BCUT2D eigenvalue weighted by molar-refractivity contribution is -0.000781. The molecule has 2 N–H and O–H groups in total. The zero-order valence-corrected chi connectivity index (χ0v) is 7.38. The quantitative estimate of drug-likeness (QED) is 0.674. The summed E-state index contributed by atoms with van der Waals surface area (Å²) in [5, 5.41) is 0. The van der Waals surface area contributed by atoms with Gasteiger partial charge in [0, 0.05) is 6.54 Å². The molecule has 0 bridgehead atoms. The molecule has 0 aliphatic heterocycles. The van der Waals surface area contributed by atoms with Gasteiger partial charge in [0.05, 0.1) is 12.7 Å². The van der Waals surface area contributed by atoms with E-state index in [9.17, 15) is 0 Å². The van der Waals surface area contributed by atoms with Crippen LogP contribution in [0.4, 0.5) is 0 Å². The lowest BCUT2D eigenvalue weighted by Crippen LogP contribution is -2.27. The van der Waals surface area contributed by atoms with Crippen LogP contribution in [0.5, 0.6) is 0 Å². The molecule has 2 heteroatoms. The smallest absolute Gasteiger partial charge is 0.0601 e. The average Bonchev–Trinajstić information content (AvgIpc) is 2.03. The Morgan fingerprint density at radius 1 is 1.36 bits per heavy atom. The van der Waals surface area contributed by atoms with Crippen molar-refractivity contribution in [3.63, 3.8) is 0 Å². The number of hydrogen-bond acceptors (Lipinski definition) is 2. The van der Waals surface area contributed by atoms with Crippen LogP contribution in [0.1, 0.15) is 32.6 Å². The molecule has 1 saturated carbocycles. The fourth-order valence-corrected chi connectivity index (χ4v) is 1.75. The van der Waals surface area contributed by atoms with Crippen LogP contribution in [-0.2, 0) is 4.74 Å². The third kappa shape index (κ3) is 2.80. The number of hydrogen-bond donors (Lipinski definition) is 1. The van der Waals surface area contributed by atoms with Gasteiger partial charge in [-0.05, 0) is 18.8 Å². The zero-order chi connectivity index (χ0) is 8.10. The Kier molecular flexibility index (Phi) is 3.87. The number of rotatable bonds is 3. The van der Waals surface area contributed by atoms with Gasteiger partial charge in [-0.1, -0.05) is 19.8 Å². The van der Waals surface area contributed by atoms with Gasteiger partial charge in [0.15, 0.2) is 0 Å². The topological polar surface area (TPSA) is 35.2 Å². The summed E-state index contributed by atoms with van der Waals surface area (Å²) in [6.07, 6.45) is 5.77. The molecule has 2 atom stereocenters. The molecule has 11 heavy (non-hydrogen) atoms. The monoisotopic (exact) mass is 157 g/mol. The molecule has 1 rings (SSSR count). The molecule has 66 valence electrons. The van der Waals surface area contributed by atoms with Crippen molar-refractivity contribution in [1.82, 2.24) is 0 Å². The van der Waals surface area contributed by atoms with Crippen LogP contribution < -0.4 is 5.73 Å². The number of ether oxygens (including phenoxy) is 1. The Labute approximate surface area is 69.1 Å². The van der Waals surface area contributed by atoms with E-state index in [0.29, 0.717) is 12.6 Å². The molecular formula is C9H19NO. The van der Waals surface area contributed by atoms with Crippen molar-refractivity contribution in [2.24, 2.45) is 11.7 Å². The second kappa shape index (κ2) is 4.73. The van der Waals surface area contributed by atoms with E-state index in [4.69, 9.17) is 10.5 Å².